The second-order valence-electron chi connectivity index (χ2n) is 5.09. The first-order chi connectivity index (χ1) is 9.54. The van der Waals surface area contributed by atoms with Gasteiger partial charge in [-0.3, -0.25) is 9.78 Å². The van der Waals surface area contributed by atoms with Crippen molar-refractivity contribution in [1.29, 1.82) is 0 Å². The van der Waals surface area contributed by atoms with Gasteiger partial charge in [-0.2, -0.15) is 0 Å². The molecule has 1 atom stereocenters. The van der Waals surface area contributed by atoms with Gasteiger partial charge in [-0.25, -0.2) is 0 Å². The molecule has 1 aromatic heterocycles. The van der Waals surface area contributed by atoms with Crippen molar-refractivity contribution < 1.29 is 14.7 Å². The molecule has 2 heterocycles. The second-order valence-corrected chi connectivity index (χ2v) is 5.09. The van der Waals surface area contributed by atoms with Gasteiger partial charge in [-0.1, -0.05) is 5.16 Å². The number of carbonyl (C=O) groups is 1. The van der Waals surface area contributed by atoms with Gasteiger partial charge in [0.15, 0.2) is 5.84 Å². The van der Waals surface area contributed by atoms with Crippen LogP contribution in [0.15, 0.2) is 23.5 Å². The van der Waals surface area contributed by atoms with Crippen LogP contribution in [0.25, 0.3) is 0 Å². The van der Waals surface area contributed by atoms with Crippen molar-refractivity contribution in [2.75, 3.05) is 13.2 Å². The minimum atomic E-state index is -0.360. The molecule has 0 radical (unpaired) electrons. The molecule has 1 aromatic rings. The third-order valence-corrected chi connectivity index (χ3v) is 3.25. The van der Waals surface area contributed by atoms with Crippen molar-refractivity contribution >= 4 is 11.7 Å². The fraction of sp³-hybridized carbons (Fsp3) is 0.462. The van der Waals surface area contributed by atoms with Crippen LogP contribution in [0.3, 0.4) is 0 Å². The lowest BCUT2D eigenvalue weighted by Gasteiger charge is -2.34. The van der Waals surface area contributed by atoms with Crippen molar-refractivity contribution in [2.45, 2.75) is 25.3 Å². The normalized spacial score (nSPS) is 23.4. The van der Waals surface area contributed by atoms with Crippen LogP contribution in [-0.4, -0.2) is 40.7 Å². The summed E-state index contributed by atoms with van der Waals surface area (Å²) in [4.78, 5) is 16.1. The van der Waals surface area contributed by atoms with E-state index in [-0.39, 0.29) is 23.0 Å². The van der Waals surface area contributed by atoms with Crippen molar-refractivity contribution in [1.82, 2.24) is 10.3 Å². The molecule has 1 aliphatic heterocycles. The molecule has 0 aromatic carbocycles. The fourth-order valence-corrected chi connectivity index (χ4v) is 2.11. The maximum Gasteiger partial charge on any atom is 0.270 e. The molecule has 7 heteroatoms. The largest absolute Gasteiger partial charge is 0.409 e. The Morgan fingerprint density at radius 2 is 2.40 bits per heavy atom. The van der Waals surface area contributed by atoms with Gasteiger partial charge in [0, 0.05) is 18.4 Å². The molecule has 0 saturated carbocycles. The van der Waals surface area contributed by atoms with E-state index in [9.17, 15) is 4.79 Å². The quantitative estimate of drug-likeness (QED) is 0.322. The number of amides is 1. The summed E-state index contributed by atoms with van der Waals surface area (Å²) in [5.41, 5.74) is 5.81. The van der Waals surface area contributed by atoms with Gasteiger partial charge in [-0.15, -0.1) is 0 Å². The van der Waals surface area contributed by atoms with Gasteiger partial charge in [-0.05, 0) is 31.9 Å². The summed E-state index contributed by atoms with van der Waals surface area (Å²) in [6.07, 6.45) is 3.19. The monoisotopic (exact) mass is 278 g/mol. The minimum absolute atomic E-state index is 0.0444. The topological polar surface area (TPSA) is 110 Å². The Hall–Kier alpha value is -2.15. The van der Waals surface area contributed by atoms with Crippen LogP contribution >= 0.6 is 0 Å². The van der Waals surface area contributed by atoms with Crippen molar-refractivity contribution in [3.63, 3.8) is 0 Å². The molecule has 0 aliphatic carbocycles. The van der Waals surface area contributed by atoms with E-state index in [1.807, 2.05) is 6.92 Å². The van der Waals surface area contributed by atoms with Gasteiger partial charge >= 0.3 is 0 Å². The molecular weight excluding hydrogens is 260 g/mol. The maximum atomic E-state index is 12.1. The lowest BCUT2D eigenvalue weighted by Crippen LogP contribution is -2.51. The average Bonchev–Trinajstić information content (AvgIpc) is 2.47. The molecule has 1 saturated heterocycles. The zero-order chi connectivity index (χ0) is 14.6. The maximum absolute atomic E-state index is 12.1. The van der Waals surface area contributed by atoms with Gasteiger partial charge < -0.3 is 21.0 Å². The molecule has 20 heavy (non-hydrogen) atoms. The number of pyridine rings is 1. The number of hydrogen-bond acceptors (Lipinski definition) is 5. The molecule has 0 spiro atoms. The molecule has 1 unspecified atom stereocenters. The van der Waals surface area contributed by atoms with E-state index < -0.39 is 0 Å². The molecule has 0 bridgehead atoms. The molecule has 108 valence electrons. The van der Waals surface area contributed by atoms with Crippen LogP contribution < -0.4 is 11.1 Å². The molecule has 4 N–H and O–H groups in total. The first-order valence-corrected chi connectivity index (χ1v) is 6.38. The van der Waals surface area contributed by atoms with Crippen LogP contribution in [0.5, 0.6) is 0 Å². The van der Waals surface area contributed by atoms with E-state index in [0.29, 0.717) is 12.2 Å². The van der Waals surface area contributed by atoms with Gasteiger partial charge in [0.05, 0.1) is 12.1 Å². The molecular formula is C13H18N4O3. The number of aromatic nitrogens is 1. The van der Waals surface area contributed by atoms with E-state index in [2.05, 4.69) is 15.5 Å². The third-order valence-electron chi connectivity index (χ3n) is 3.25. The average molecular weight is 278 g/mol. The smallest absolute Gasteiger partial charge is 0.270 e. The zero-order valence-corrected chi connectivity index (χ0v) is 11.3. The highest BCUT2D eigenvalue weighted by Gasteiger charge is 2.29. The Labute approximate surface area is 116 Å². The predicted molar refractivity (Wildman–Crippen MR) is 72.7 cm³/mol. The summed E-state index contributed by atoms with van der Waals surface area (Å²) in [5, 5.41) is 14.4. The van der Waals surface area contributed by atoms with Crippen molar-refractivity contribution in [2.24, 2.45) is 10.9 Å². The Morgan fingerprint density at radius 3 is 2.95 bits per heavy atom. The van der Waals surface area contributed by atoms with E-state index in [1.54, 1.807) is 6.07 Å². The summed E-state index contributed by atoms with van der Waals surface area (Å²) in [6.45, 7) is 3.19. The highest BCUT2D eigenvalue weighted by atomic mass is 16.5. The van der Waals surface area contributed by atoms with Crippen LogP contribution in [0.1, 0.15) is 35.8 Å². The van der Waals surface area contributed by atoms with E-state index >= 15 is 0 Å². The Bertz CT molecular complexity index is 507. The Morgan fingerprint density at radius 1 is 1.60 bits per heavy atom. The van der Waals surface area contributed by atoms with Gasteiger partial charge in [0.1, 0.15) is 5.69 Å². The predicted octanol–water partition coefficient (Wildman–Crippen LogP) is 0.475. The third kappa shape index (κ3) is 3.24. The number of nitrogens with one attached hydrogen (secondary N) is 1. The SMILES string of the molecule is CC1(NC(=O)c2ccc(/C(N)=N/O)cn2)CCCOC1. The summed E-state index contributed by atoms with van der Waals surface area (Å²) in [5.74, 6) is -0.304. The van der Waals surface area contributed by atoms with Crippen LogP contribution in [0.4, 0.5) is 0 Å². The highest BCUT2D eigenvalue weighted by Crippen LogP contribution is 2.18. The highest BCUT2D eigenvalue weighted by molar-refractivity contribution is 5.98. The number of ether oxygens (including phenoxy) is 1. The number of carbonyl (C=O) groups excluding carboxylic acids is 1. The van der Waals surface area contributed by atoms with E-state index in [4.69, 9.17) is 15.7 Å². The molecule has 1 aliphatic rings. The first kappa shape index (κ1) is 14.3. The van der Waals surface area contributed by atoms with E-state index in [1.165, 1.54) is 12.3 Å². The summed E-state index contributed by atoms with van der Waals surface area (Å²) >= 11 is 0. The van der Waals surface area contributed by atoms with Crippen molar-refractivity contribution in [3.8, 4) is 0 Å². The molecule has 2 rings (SSSR count). The Balaban J connectivity index is 2.05. The number of nitrogens with zero attached hydrogens (tertiary/aromatic N) is 2. The standard InChI is InChI=1S/C13H18N4O3/c1-13(5-2-6-20-8-13)16-12(18)10-4-3-9(7-15-10)11(14)17-19/h3-4,7,19H,2,5-6,8H2,1H3,(H2,14,17)(H,16,18). The summed E-state index contributed by atoms with van der Waals surface area (Å²) < 4.78 is 5.39. The van der Waals surface area contributed by atoms with Crippen LogP contribution in [0, 0.1) is 0 Å². The Kier molecular flexibility index (Phi) is 4.19. The molecule has 7 nitrogen and oxygen atoms in total. The zero-order valence-electron chi connectivity index (χ0n) is 11.3. The lowest BCUT2D eigenvalue weighted by molar-refractivity contribution is 0.0271. The molecule has 1 amide bonds. The van der Waals surface area contributed by atoms with Crippen LogP contribution in [-0.2, 0) is 4.74 Å². The summed E-state index contributed by atoms with van der Waals surface area (Å²) in [6, 6.07) is 3.12. The van der Waals surface area contributed by atoms with Crippen molar-refractivity contribution in [3.05, 3.63) is 29.6 Å². The van der Waals surface area contributed by atoms with E-state index in [0.717, 1.165) is 19.4 Å². The number of nitrogens with two attached hydrogens (primary N) is 1. The second kappa shape index (κ2) is 5.87. The number of amidine groups is 1. The number of rotatable bonds is 3. The number of oxime groups is 1. The fourth-order valence-electron chi connectivity index (χ4n) is 2.11. The van der Waals surface area contributed by atoms with Gasteiger partial charge in [0.25, 0.3) is 5.91 Å². The first-order valence-electron chi connectivity index (χ1n) is 6.38. The number of hydrogen-bond donors (Lipinski definition) is 3. The lowest BCUT2D eigenvalue weighted by atomic mass is 9.94. The van der Waals surface area contributed by atoms with Crippen LogP contribution in [0.2, 0.25) is 0 Å². The minimum Gasteiger partial charge on any atom is -0.409 e. The molecule has 1 fully saturated rings. The van der Waals surface area contributed by atoms with Gasteiger partial charge in [0.2, 0.25) is 0 Å². The summed E-state index contributed by atoms with van der Waals surface area (Å²) in [7, 11) is 0.